The maximum Gasteiger partial charge on any atom is 0.342 e. The molecule has 0 aliphatic rings. The predicted octanol–water partition coefficient (Wildman–Crippen LogP) is 2.57. The topological polar surface area (TPSA) is 151 Å². The number of sulfonamides is 1. The van der Waals surface area contributed by atoms with E-state index in [-0.39, 0.29) is 34.3 Å². The van der Waals surface area contributed by atoms with Gasteiger partial charge in [-0.25, -0.2) is 23.1 Å². The lowest BCUT2D eigenvalue weighted by Gasteiger charge is -2.11. The summed E-state index contributed by atoms with van der Waals surface area (Å²) in [5, 5.41) is 9.73. The van der Waals surface area contributed by atoms with Gasteiger partial charge in [-0.2, -0.15) is 0 Å². The molecular formula is C21H26N2O8S2. The Morgan fingerprint density at radius 1 is 1.15 bits per heavy atom. The van der Waals surface area contributed by atoms with Crippen LogP contribution in [0.3, 0.4) is 0 Å². The first-order valence-corrected chi connectivity index (χ1v) is 12.4. The van der Waals surface area contributed by atoms with E-state index < -0.39 is 34.5 Å². The molecule has 2 rings (SSSR count). The fourth-order valence-electron chi connectivity index (χ4n) is 2.90. The van der Waals surface area contributed by atoms with E-state index in [2.05, 4.69) is 5.32 Å². The van der Waals surface area contributed by atoms with Gasteiger partial charge in [0.2, 0.25) is 10.0 Å². The Morgan fingerprint density at radius 3 is 2.42 bits per heavy atom. The minimum absolute atomic E-state index is 0.0500. The number of ether oxygens (including phenoxy) is 3. The zero-order valence-corrected chi connectivity index (χ0v) is 20.3. The van der Waals surface area contributed by atoms with Crippen LogP contribution in [0.4, 0.5) is 5.00 Å². The van der Waals surface area contributed by atoms with Crippen molar-refractivity contribution in [3.05, 3.63) is 40.3 Å². The highest BCUT2D eigenvalue weighted by molar-refractivity contribution is 7.89. The van der Waals surface area contributed by atoms with E-state index in [1.54, 1.807) is 12.3 Å². The van der Waals surface area contributed by atoms with Gasteiger partial charge in [0.05, 0.1) is 24.2 Å². The number of primary sulfonamides is 1. The molecule has 0 atom stereocenters. The van der Waals surface area contributed by atoms with Crippen LogP contribution in [0.5, 0.6) is 5.75 Å². The van der Waals surface area contributed by atoms with Gasteiger partial charge in [0.15, 0.2) is 6.61 Å². The molecule has 33 heavy (non-hydrogen) atoms. The van der Waals surface area contributed by atoms with Gasteiger partial charge in [0, 0.05) is 0 Å². The maximum absolute atomic E-state index is 12.5. The van der Waals surface area contributed by atoms with Crippen molar-refractivity contribution in [2.75, 3.05) is 25.6 Å². The zero-order chi connectivity index (χ0) is 24.8. The van der Waals surface area contributed by atoms with E-state index in [1.807, 2.05) is 13.8 Å². The molecule has 12 heteroatoms. The minimum Gasteiger partial charge on any atom is -0.496 e. The summed E-state index contributed by atoms with van der Waals surface area (Å²) >= 11 is 1.17. The number of hydrogen-bond acceptors (Lipinski definition) is 9. The van der Waals surface area contributed by atoms with Crippen molar-refractivity contribution >= 4 is 44.2 Å². The molecule has 1 aromatic carbocycles. The maximum atomic E-state index is 12.5. The molecule has 0 bridgehead atoms. The molecule has 0 spiro atoms. The quantitative estimate of drug-likeness (QED) is 0.474. The Hall–Kier alpha value is -2.96. The van der Waals surface area contributed by atoms with E-state index in [0.29, 0.717) is 11.4 Å². The second kappa shape index (κ2) is 11.3. The molecule has 3 N–H and O–H groups in total. The molecule has 0 radical (unpaired) electrons. The summed E-state index contributed by atoms with van der Waals surface area (Å²) < 4.78 is 38.3. The first-order valence-electron chi connectivity index (χ1n) is 9.93. The van der Waals surface area contributed by atoms with E-state index in [0.717, 1.165) is 11.6 Å². The highest BCUT2D eigenvalue weighted by Gasteiger charge is 2.23. The molecule has 0 aliphatic heterocycles. The summed E-state index contributed by atoms with van der Waals surface area (Å²) in [6.45, 7) is 5.19. The molecule has 0 fully saturated rings. The van der Waals surface area contributed by atoms with Crippen molar-refractivity contribution in [3.8, 4) is 5.75 Å². The third-order valence-corrected chi connectivity index (χ3v) is 6.14. The van der Waals surface area contributed by atoms with Crippen LogP contribution in [0.15, 0.2) is 28.5 Å². The van der Waals surface area contributed by atoms with Crippen LogP contribution in [0.1, 0.15) is 47.1 Å². The average Bonchev–Trinajstić information content (AvgIpc) is 3.12. The number of carbonyl (C=O) groups is 3. The van der Waals surface area contributed by atoms with Gasteiger partial charge in [-0.3, -0.25) is 4.79 Å². The van der Waals surface area contributed by atoms with E-state index in [1.165, 1.54) is 30.6 Å². The lowest BCUT2D eigenvalue weighted by atomic mass is 10.0. The fourth-order valence-corrected chi connectivity index (χ4v) is 4.42. The average molecular weight is 499 g/mol. The molecule has 2 aromatic rings. The van der Waals surface area contributed by atoms with Gasteiger partial charge in [-0.05, 0) is 48.4 Å². The van der Waals surface area contributed by atoms with E-state index in [9.17, 15) is 22.8 Å². The van der Waals surface area contributed by atoms with Crippen molar-refractivity contribution in [2.45, 2.75) is 32.1 Å². The number of carbonyl (C=O) groups excluding carboxylic acids is 3. The van der Waals surface area contributed by atoms with Crippen LogP contribution in [0, 0.1) is 5.92 Å². The Bertz CT molecular complexity index is 1140. The molecule has 0 saturated heterocycles. The van der Waals surface area contributed by atoms with Gasteiger partial charge < -0.3 is 19.5 Å². The Balaban J connectivity index is 2.16. The number of rotatable bonds is 10. The molecule has 0 aliphatic carbocycles. The third kappa shape index (κ3) is 7.01. The number of methoxy groups -OCH3 is 1. The van der Waals surface area contributed by atoms with Crippen molar-refractivity contribution in [1.82, 2.24) is 0 Å². The number of hydrogen-bond donors (Lipinski definition) is 2. The number of esters is 2. The van der Waals surface area contributed by atoms with E-state index >= 15 is 0 Å². The van der Waals surface area contributed by atoms with Gasteiger partial charge >= 0.3 is 11.9 Å². The fraction of sp³-hybridized carbons (Fsp3) is 0.381. The largest absolute Gasteiger partial charge is 0.496 e. The SMILES string of the molecule is CCOC(=O)c1c(CC(C)C)csc1NC(=O)COC(=O)c1cc(S(N)(=O)=O)ccc1OC. The highest BCUT2D eigenvalue weighted by Crippen LogP contribution is 2.31. The second-order valence-electron chi connectivity index (χ2n) is 7.31. The Labute approximate surface area is 196 Å². The summed E-state index contributed by atoms with van der Waals surface area (Å²) in [6, 6.07) is 3.44. The van der Waals surface area contributed by atoms with Crippen molar-refractivity contribution < 1.29 is 37.0 Å². The molecule has 0 saturated carbocycles. The molecule has 1 amide bonds. The summed E-state index contributed by atoms with van der Waals surface area (Å²) in [5.74, 6) is -1.89. The van der Waals surface area contributed by atoms with Crippen molar-refractivity contribution in [3.63, 3.8) is 0 Å². The van der Waals surface area contributed by atoms with Crippen LogP contribution in [-0.2, 0) is 30.7 Å². The van der Waals surface area contributed by atoms with Crippen LogP contribution < -0.4 is 15.2 Å². The lowest BCUT2D eigenvalue weighted by Crippen LogP contribution is -2.22. The number of benzene rings is 1. The van der Waals surface area contributed by atoms with Crippen molar-refractivity contribution in [2.24, 2.45) is 11.1 Å². The summed E-state index contributed by atoms with van der Waals surface area (Å²) in [7, 11) is -2.78. The standard InChI is InChI=1S/C21H26N2O8S2/c1-5-30-21(26)18-13(8-12(2)3)11-32-19(18)23-17(24)10-31-20(25)15-9-14(33(22,27)28)6-7-16(15)29-4/h6-7,9,11-12H,5,8,10H2,1-4H3,(H,23,24)(H2,22,27,28). The van der Waals surface area contributed by atoms with Crippen LogP contribution in [0.25, 0.3) is 0 Å². The zero-order valence-electron chi connectivity index (χ0n) is 18.7. The smallest absolute Gasteiger partial charge is 0.342 e. The first-order chi connectivity index (χ1) is 15.5. The number of thiophene rings is 1. The van der Waals surface area contributed by atoms with Crippen LogP contribution in [0.2, 0.25) is 0 Å². The first kappa shape index (κ1) is 26.3. The molecule has 1 aromatic heterocycles. The van der Waals surface area contributed by atoms with Crippen LogP contribution in [-0.4, -0.2) is 46.6 Å². The summed E-state index contributed by atoms with van der Waals surface area (Å²) in [5.41, 5.74) is 0.822. The number of nitrogens with two attached hydrogens (primary N) is 1. The number of amides is 1. The van der Waals surface area contributed by atoms with Gasteiger partial charge in [0.1, 0.15) is 16.3 Å². The highest BCUT2D eigenvalue weighted by atomic mass is 32.2. The second-order valence-corrected chi connectivity index (χ2v) is 9.76. The molecule has 10 nitrogen and oxygen atoms in total. The molecule has 180 valence electrons. The monoisotopic (exact) mass is 498 g/mol. The third-order valence-electron chi connectivity index (χ3n) is 4.28. The molecule has 1 heterocycles. The minimum atomic E-state index is -4.07. The number of nitrogens with one attached hydrogen (secondary N) is 1. The normalized spacial score (nSPS) is 11.2. The summed E-state index contributed by atoms with van der Waals surface area (Å²) in [4.78, 5) is 37.0. The summed E-state index contributed by atoms with van der Waals surface area (Å²) in [6.07, 6.45) is 0.621. The Morgan fingerprint density at radius 2 is 1.85 bits per heavy atom. The Kier molecular flexibility index (Phi) is 8.97. The predicted molar refractivity (Wildman–Crippen MR) is 122 cm³/mol. The van der Waals surface area contributed by atoms with Gasteiger partial charge in [-0.15, -0.1) is 11.3 Å². The van der Waals surface area contributed by atoms with Gasteiger partial charge in [0.25, 0.3) is 5.91 Å². The number of anilines is 1. The van der Waals surface area contributed by atoms with Crippen molar-refractivity contribution in [1.29, 1.82) is 0 Å². The van der Waals surface area contributed by atoms with E-state index in [4.69, 9.17) is 19.3 Å². The van der Waals surface area contributed by atoms with Gasteiger partial charge in [-0.1, -0.05) is 13.8 Å². The lowest BCUT2D eigenvalue weighted by molar-refractivity contribution is -0.119. The van der Waals surface area contributed by atoms with Crippen LogP contribution >= 0.6 is 11.3 Å². The molecular weight excluding hydrogens is 472 g/mol. The molecule has 0 unspecified atom stereocenters.